The standard InChI is InChI=1S/C7H10ClF5S/c8-3-1-4-14-5-2-6(9,10)7(11,12)13/h1-5H2. The van der Waals surface area contributed by atoms with E-state index in [0.29, 0.717) is 18.1 Å². The summed E-state index contributed by atoms with van der Waals surface area (Å²) in [4.78, 5) is 0. The van der Waals surface area contributed by atoms with Gasteiger partial charge in [-0.1, -0.05) is 0 Å². The average molecular weight is 257 g/mol. The smallest absolute Gasteiger partial charge is 0.196 e. The molecule has 0 atom stereocenters. The van der Waals surface area contributed by atoms with E-state index in [2.05, 4.69) is 0 Å². The molecule has 0 saturated heterocycles. The van der Waals surface area contributed by atoms with Crippen LogP contribution in [0.3, 0.4) is 0 Å². The highest BCUT2D eigenvalue weighted by Gasteiger charge is 2.56. The van der Waals surface area contributed by atoms with E-state index in [1.807, 2.05) is 0 Å². The highest BCUT2D eigenvalue weighted by molar-refractivity contribution is 7.99. The van der Waals surface area contributed by atoms with Gasteiger partial charge in [-0.2, -0.15) is 33.7 Å². The topological polar surface area (TPSA) is 0 Å². The van der Waals surface area contributed by atoms with Crippen LogP contribution in [0.2, 0.25) is 0 Å². The van der Waals surface area contributed by atoms with Crippen molar-refractivity contribution >= 4 is 23.4 Å². The summed E-state index contributed by atoms with van der Waals surface area (Å²) in [6, 6.07) is 0. The van der Waals surface area contributed by atoms with Gasteiger partial charge in [0.25, 0.3) is 0 Å². The number of halogens is 6. The summed E-state index contributed by atoms with van der Waals surface area (Å²) in [5.41, 5.74) is 0. The zero-order valence-corrected chi connectivity index (χ0v) is 8.78. The van der Waals surface area contributed by atoms with Crippen molar-refractivity contribution in [2.24, 2.45) is 0 Å². The zero-order chi connectivity index (χ0) is 11.2. The van der Waals surface area contributed by atoms with E-state index in [9.17, 15) is 22.0 Å². The van der Waals surface area contributed by atoms with Gasteiger partial charge in [0.2, 0.25) is 0 Å². The fourth-order valence-corrected chi connectivity index (χ4v) is 1.85. The molecule has 0 unspecified atom stereocenters. The normalized spacial score (nSPS) is 13.3. The molecule has 0 aromatic carbocycles. The summed E-state index contributed by atoms with van der Waals surface area (Å²) in [5.74, 6) is -3.87. The van der Waals surface area contributed by atoms with Crippen molar-refractivity contribution in [2.75, 3.05) is 17.4 Å². The Morgan fingerprint density at radius 3 is 2.00 bits per heavy atom. The van der Waals surface area contributed by atoms with E-state index >= 15 is 0 Å². The molecule has 7 heteroatoms. The van der Waals surface area contributed by atoms with E-state index in [0.717, 1.165) is 11.8 Å². The van der Waals surface area contributed by atoms with Gasteiger partial charge in [-0.05, 0) is 17.9 Å². The fourth-order valence-electron chi connectivity index (χ4n) is 0.601. The monoisotopic (exact) mass is 256 g/mol. The highest BCUT2D eigenvalue weighted by Crippen LogP contribution is 2.38. The first kappa shape index (κ1) is 14.3. The van der Waals surface area contributed by atoms with Crippen LogP contribution in [0, 0.1) is 0 Å². The van der Waals surface area contributed by atoms with Crippen molar-refractivity contribution in [3.63, 3.8) is 0 Å². The Labute approximate surface area is 88.2 Å². The second-order valence-electron chi connectivity index (χ2n) is 2.61. The molecule has 86 valence electrons. The van der Waals surface area contributed by atoms with Crippen molar-refractivity contribution in [3.8, 4) is 0 Å². The maximum absolute atomic E-state index is 12.3. The Kier molecular flexibility index (Phi) is 6.12. The number of rotatable bonds is 6. The minimum atomic E-state index is -5.43. The second-order valence-corrected chi connectivity index (χ2v) is 4.21. The Morgan fingerprint density at radius 2 is 1.57 bits per heavy atom. The number of hydrogen-bond donors (Lipinski definition) is 0. The van der Waals surface area contributed by atoms with Gasteiger partial charge in [0.05, 0.1) is 0 Å². The second kappa shape index (κ2) is 6.00. The highest BCUT2D eigenvalue weighted by atomic mass is 35.5. The van der Waals surface area contributed by atoms with Crippen LogP contribution in [-0.2, 0) is 0 Å². The average Bonchev–Trinajstić information content (AvgIpc) is 2.02. The molecule has 0 aromatic heterocycles. The molecule has 0 saturated carbocycles. The summed E-state index contributed by atoms with van der Waals surface area (Å²) in [6.07, 6.45) is -5.98. The molecule has 0 N–H and O–H groups in total. The van der Waals surface area contributed by atoms with Crippen LogP contribution < -0.4 is 0 Å². The lowest BCUT2D eigenvalue weighted by Gasteiger charge is -2.18. The molecule has 0 bridgehead atoms. The van der Waals surface area contributed by atoms with Gasteiger partial charge in [-0.15, -0.1) is 11.6 Å². The predicted octanol–water partition coefficient (Wildman–Crippen LogP) is 3.94. The fraction of sp³-hybridized carbons (Fsp3) is 1.00. The third-order valence-electron chi connectivity index (χ3n) is 1.40. The Hall–Kier alpha value is 0.290. The first-order chi connectivity index (χ1) is 6.31. The summed E-state index contributed by atoms with van der Waals surface area (Å²) < 4.78 is 59.4. The number of thioether (sulfide) groups is 1. The Balaban J connectivity index is 3.67. The molecular weight excluding hydrogens is 247 g/mol. The first-order valence-corrected chi connectivity index (χ1v) is 5.58. The molecule has 0 amide bonds. The molecule has 14 heavy (non-hydrogen) atoms. The molecule has 0 aliphatic carbocycles. The third-order valence-corrected chi connectivity index (χ3v) is 2.73. The van der Waals surface area contributed by atoms with Crippen LogP contribution in [0.15, 0.2) is 0 Å². The van der Waals surface area contributed by atoms with Crippen LogP contribution in [0.25, 0.3) is 0 Å². The van der Waals surface area contributed by atoms with Gasteiger partial charge >= 0.3 is 12.1 Å². The predicted molar refractivity (Wildman–Crippen MR) is 48.3 cm³/mol. The maximum Gasteiger partial charge on any atom is 0.453 e. The molecule has 0 heterocycles. The van der Waals surface area contributed by atoms with Gasteiger partial charge in [0.15, 0.2) is 0 Å². The third kappa shape index (κ3) is 5.24. The maximum atomic E-state index is 12.3. The minimum absolute atomic E-state index is 0.205. The summed E-state index contributed by atoms with van der Waals surface area (Å²) in [7, 11) is 0. The lowest BCUT2D eigenvalue weighted by molar-refractivity contribution is -0.282. The zero-order valence-electron chi connectivity index (χ0n) is 7.21. The van der Waals surface area contributed by atoms with Crippen LogP contribution in [0.1, 0.15) is 12.8 Å². The van der Waals surface area contributed by atoms with Crippen molar-refractivity contribution in [1.29, 1.82) is 0 Å². The summed E-state index contributed by atoms with van der Waals surface area (Å²) in [6.45, 7) is 0. The van der Waals surface area contributed by atoms with E-state index in [1.165, 1.54) is 0 Å². The van der Waals surface area contributed by atoms with Crippen LogP contribution in [0.4, 0.5) is 22.0 Å². The van der Waals surface area contributed by atoms with Gasteiger partial charge in [-0.3, -0.25) is 0 Å². The minimum Gasteiger partial charge on any atom is -0.196 e. The van der Waals surface area contributed by atoms with Gasteiger partial charge < -0.3 is 0 Å². The molecule has 0 spiro atoms. The van der Waals surface area contributed by atoms with E-state index in [-0.39, 0.29) is 5.75 Å². The molecule has 0 aromatic rings. The molecule has 0 aliphatic rings. The van der Waals surface area contributed by atoms with Gasteiger partial charge in [0, 0.05) is 12.3 Å². The van der Waals surface area contributed by atoms with E-state index < -0.39 is 18.5 Å². The molecule has 0 rings (SSSR count). The largest absolute Gasteiger partial charge is 0.453 e. The van der Waals surface area contributed by atoms with Crippen molar-refractivity contribution in [3.05, 3.63) is 0 Å². The van der Waals surface area contributed by atoms with Gasteiger partial charge in [-0.25, -0.2) is 0 Å². The Bertz CT molecular complexity index is 159. The molecule has 0 radical (unpaired) electrons. The number of hydrogen-bond acceptors (Lipinski definition) is 1. The SMILES string of the molecule is FC(F)(F)C(F)(F)CCSCCCCl. The molecule has 0 fully saturated rings. The lowest BCUT2D eigenvalue weighted by atomic mass is 10.2. The van der Waals surface area contributed by atoms with Crippen molar-refractivity contribution in [2.45, 2.75) is 24.9 Å². The van der Waals surface area contributed by atoms with E-state index in [4.69, 9.17) is 11.6 Å². The van der Waals surface area contributed by atoms with Crippen molar-refractivity contribution in [1.82, 2.24) is 0 Å². The van der Waals surface area contributed by atoms with Crippen LogP contribution in [0.5, 0.6) is 0 Å². The van der Waals surface area contributed by atoms with Crippen LogP contribution in [-0.4, -0.2) is 29.5 Å². The lowest BCUT2D eigenvalue weighted by Crippen LogP contribution is -2.36. The molecule has 0 nitrogen and oxygen atoms in total. The van der Waals surface area contributed by atoms with Crippen LogP contribution >= 0.6 is 23.4 Å². The number of alkyl halides is 6. The van der Waals surface area contributed by atoms with Gasteiger partial charge in [0.1, 0.15) is 0 Å². The molecule has 0 aliphatic heterocycles. The Morgan fingerprint density at radius 1 is 1.00 bits per heavy atom. The van der Waals surface area contributed by atoms with Crippen molar-refractivity contribution < 1.29 is 22.0 Å². The summed E-state index contributed by atoms with van der Waals surface area (Å²) >= 11 is 6.36. The quantitative estimate of drug-likeness (QED) is 0.394. The first-order valence-electron chi connectivity index (χ1n) is 3.89. The summed E-state index contributed by atoms with van der Waals surface area (Å²) in [5, 5.41) is 0. The molecular formula is C7H10ClF5S. The van der Waals surface area contributed by atoms with E-state index in [1.54, 1.807) is 0 Å².